The van der Waals surface area contributed by atoms with Crippen molar-refractivity contribution in [2.75, 3.05) is 0 Å². The molecule has 0 aliphatic rings. The minimum atomic E-state index is -0.337. The fourth-order valence-corrected chi connectivity index (χ4v) is 4.62. The van der Waals surface area contributed by atoms with Crippen molar-refractivity contribution in [3.05, 3.63) is 117 Å². The van der Waals surface area contributed by atoms with E-state index in [1.807, 2.05) is 77.6 Å². The summed E-state index contributed by atoms with van der Waals surface area (Å²) in [4.78, 5) is 18.1. The molecule has 0 radical (unpaired) electrons. The molecule has 34 heavy (non-hydrogen) atoms. The maximum atomic E-state index is 13.2. The lowest BCUT2D eigenvalue weighted by molar-refractivity contribution is 0.628. The predicted octanol–water partition coefficient (Wildman–Crippen LogP) is 4.36. The smallest absolute Gasteiger partial charge is 0.266 e. The first-order chi connectivity index (χ1) is 16.7. The van der Waals surface area contributed by atoms with Crippen molar-refractivity contribution >= 4 is 22.4 Å². The Bertz CT molecular complexity index is 1720. The molecule has 0 fully saturated rings. The molecular formula is C26H16FN5OS. The number of aromatic nitrogens is 5. The van der Waals surface area contributed by atoms with Crippen molar-refractivity contribution in [3.63, 3.8) is 0 Å². The normalized spacial score (nSPS) is 12.0. The van der Waals surface area contributed by atoms with Gasteiger partial charge in [0, 0.05) is 22.9 Å². The van der Waals surface area contributed by atoms with Crippen molar-refractivity contribution in [2.45, 2.75) is 0 Å². The van der Waals surface area contributed by atoms with E-state index in [0.717, 1.165) is 22.5 Å². The van der Waals surface area contributed by atoms with Crippen LogP contribution in [-0.4, -0.2) is 24.4 Å². The summed E-state index contributed by atoms with van der Waals surface area (Å²) in [6.45, 7) is 0. The largest absolute Gasteiger partial charge is 0.291 e. The number of benzene rings is 3. The third kappa shape index (κ3) is 3.60. The summed E-state index contributed by atoms with van der Waals surface area (Å²) in [5.74, 6) is 0.0493. The second-order valence-corrected chi connectivity index (χ2v) is 8.64. The Hall–Kier alpha value is -4.43. The molecule has 0 N–H and O–H groups in total. The number of fused-ring (bicyclic) bond motifs is 1. The molecule has 0 aliphatic heterocycles. The van der Waals surface area contributed by atoms with Crippen LogP contribution in [-0.2, 0) is 0 Å². The van der Waals surface area contributed by atoms with E-state index >= 15 is 0 Å². The third-order valence-corrected chi connectivity index (χ3v) is 6.34. The van der Waals surface area contributed by atoms with Crippen LogP contribution in [0.3, 0.4) is 0 Å². The van der Waals surface area contributed by atoms with E-state index in [2.05, 4.69) is 10.1 Å². The fraction of sp³-hybridized carbons (Fsp3) is 0. The minimum Gasteiger partial charge on any atom is -0.266 e. The van der Waals surface area contributed by atoms with Gasteiger partial charge in [0.1, 0.15) is 5.82 Å². The van der Waals surface area contributed by atoms with Crippen LogP contribution in [0.15, 0.2) is 95.9 Å². The van der Waals surface area contributed by atoms with Crippen LogP contribution in [0.25, 0.3) is 39.4 Å². The molecule has 0 amide bonds. The zero-order chi connectivity index (χ0) is 23.1. The zero-order valence-corrected chi connectivity index (χ0v) is 18.5. The number of halogens is 1. The van der Waals surface area contributed by atoms with E-state index in [1.165, 1.54) is 28.0 Å². The van der Waals surface area contributed by atoms with E-state index < -0.39 is 0 Å². The van der Waals surface area contributed by atoms with Gasteiger partial charge >= 0.3 is 0 Å². The molecule has 3 aromatic heterocycles. The Morgan fingerprint density at radius 1 is 0.824 bits per heavy atom. The summed E-state index contributed by atoms with van der Waals surface area (Å²) in [5.41, 5.74) is 3.86. The first kappa shape index (κ1) is 20.2. The molecule has 0 saturated carbocycles. The highest BCUT2D eigenvalue weighted by molar-refractivity contribution is 7.15. The lowest BCUT2D eigenvalue weighted by Gasteiger charge is -2.00. The Kier molecular flexibility index (Phi) is 4.85. The second kappa shape index (κ2) is 8.17. The van der Waals surface area contributed by atoms with E-state index in [4.69, 9.17) is 5.10 Å². The third-order valence-electron chi connectivity index (χ3n) is 5.38. The molecule has 6 aromatic rings. The molecule has 6 nitrogen and oxygen atoms in total. The number of rotatable bonds is 4. The van der Waals surface area contributed by atoms with Gasteiger partial charge in [-0.1, -0.05) is 59.9 Å². The maximum Gasteiger partial charge on any atom is 0.291 e. The van der Waals surface area contributed by atoms with Crippen molar-refractivity contribution in [1.29, 1.82) is 0 Å². The van der Waals surface area contributed by atoms with Gasteiger partial charge in [0.2, 0.25) is 4.96 Å². The van der Waals surface area contributed by atoms with Crippen molar-refractivity contribution < 1.29 is 4.39 Å². The van der Waals surface area contributed by atoms with Crippen LogP contribution in [0, 0.1) is 5.82 Å². The SMILES string of the molecule is O=c1c(=Cc2cn(-c3ccccc3)nc2-c2ccccc2)sc2nc(-c3ccc(F)cc3)nn12. The summed E-state index contributed by atoms with van der Waals surface area (Å²) in [7, 11) is 0. The first-order valence-corrected chi connectivity index (χ1v) is 11.4. The van der Waals surface area contributed by atoms with Crippen molar-refractivity contribution in [1.82, 2.24) is 24.4 Å². The maximum absolute atomic E-state index is 13.2. The summed E-state index contributed by atoms with van der Waals surface area (Å²) in [6.07, 6.45) is 3.74. The quantitative estimate of drug-likeness (QED) is 0.388. The van der Waals surface area contributed by atoms with Gasteiger partial charge in [-0.2, -0.15) is 14.6 Å². The molecule has 6 rings (SSSR count). The van der Waals surface area contributed by atoms with Gasteiger partial charge in [0.25, 0.3) is 5.56 Å². The molecule has 0 bridgehead atoms. The number of para-hydroxylation sites is 1. The Labute approximate surface area is 196 Å². The van der Waals surface area contributed by atoms with E-state index in [1.54, 1.807) is 12.1 Å². The van der Waals surface area contributed by atoms with Crippen LogP contribution in [0.5, 0.6) is 0 Å². The van der Waals surface area contributed by atoms with Gasteiger partial charge in [0.05, 0.1) is 15.9 Å². The molecule has 0 spiro atoms. The van der Waals surface area contributed by atoms with Crippen LogP contribution < -0.4 is 10.1 Å². The summed E-state index contributed by atoms with van der Waals surface area (Å²) < 4.78 is 16.8. The summed E-state index contributed by atoms with van der Waals surface area (Å²) >= 11 is 1.26. The zero-order valence-electron chi connectivity index (χ0n) is 17.7. The van der Waals surface area contributed by atoms with Gasteiger partial charge in [-0.25, -0.2) is 9.07 Å². The number of thiazole rings is 1. The van der Waals surface area contributed by atoms with Gasteiger partial charge in [-0.05, 0) is 42.5 Å². The molecule has 0 unspecified atom stereocenters. The van der Waals surface area contributed by atoms with Gasteiger partial charge in [0.15, 0.2) is 5.82 Å². The molecule has 3 heterocycles. The Morgan fingerprint density at radius 2 is 1.53 bits per heavy atom. The lowest BCUT2D eigenvalue weighted by Crippen LogP contribution is -2.23. The first-order valence-electron chi connectivity index (χ1n) is 10.5. The molecule has 0 saturated heterocycles. The second-order valence-electron chi connectivity index (χ2n) is 7.63. The summed E-state index contributed by atoms with van der Waals surface area (Å²) in [5, 5.41) is 9.15. The molecule has 8 heteroatoms. The average Bonchev–Trinajstić information content (AvgIpc) is 3.56. The highest BCUT2D eigenvalue weighted by Gasteiger charge is 2.15. The van der Waals surface area contributed by atoms with Crippen molar-refractivity contribution in [2.24, 2.45) is 0 Å². The minimum absolute atomic E-state index is 0.257. The predicted molar refractivity (Wildman–Crippen MR) is 130 cm³/mol. The lowest BCUT2D eigenvalue weighted by atomic mass is 10.1. The molecule has 0 atom stereocenters. The highest BCUT2D eigenvalue weighted by Crippen LogP contribution is 2.24. The Balaban J connectivity index is 1.48. The number of nitrogens with zero attached hydrogens (tertiary/aromatic N) is 5. The molecule has 0 aliphatic carbocycles. The van der Waals surface area contributed by atoms with E-state index in [0.29, 0.717) is 20.9 Å². The molecular weight excluding hydrogens is 449 g/mol. The monoisotopic (exact) mass is 465 g/mol. The van der Waals surface area contributed by atoms with Crippen molar-refractivity contribution in [3.8, 4) is 28.3 Å². The van der Waals surface area contributed by atoms with Crippen LogP contribution in [0.4, 0.5) is 4.39 Å². The van der Waals surface area contributed by atoms with Gasteiger partial charge in [-0.3, -0.25) is 4.79 Å². The summed E-state index contributed by atoms with van der Waals surface area (Å²) in [6, 6.07) is 25.5. The average molecular weight is 466 g/mol. The van der Waals surface area contributed by atoms with Gasteiger partial charge in [-0.15, -0.1) is 5.10 Å². The van der Waals surface area contributed by atoms with Gasteiger partial charge < -0.3 is 0 Å². The standard InChI is InChI=1S/C26H16FN5OS/c27-20-13-11-18(12-14-20)24-28-26-32(30-24)25(33)22(34-26)15-19-16-31(21-9-5-2-6-10-21)29-23(19)17-7-3-1-4-8-17/h1-16H. The molecule has 164 valence electrons. The molecule has 3 aromatic carbocycles. The highest BCUT2D eigenvalue weighted by atomic mass is 32.1. The van der Waals surface area contributed by atoms with Crippen LogP contribution in [0.1, 0.15) is 5.56 Å². The van der Waals surface area contributed by atoms with Crippen LogP contribution >= 0.6 is 11.3 Å². The van der Waals surface area contributed by atoms with Crippen LogP contribution in [0.2, 0.25) is 0 Å². The topological polar surface area (TPSA) is 65.1 Å². The Morgan fingerprint density at radius 3 is 2.24 bits per heavy atom. The number of hydrogen-bond acceptors (Lipinski definition) is 5. The van der Waals surface area contributed by atoms with E-state index in [9.17, 15) is 9.18 Å². The van der Waals surface area contributed by atoms with E-state index in [-0.39, 0.29) is 11.4 Å². The fourth-order valence-electron chi connectivity index (χ4n) is 3.72. The number of hydrogen-bond donors (Lipinski definition) is 0.